The van der Waals surface area contributed by atoms with E-state index >= 15 is 0 Å². The molecule has 0 radical (unpaired) electrons. The highest BCUT2D eigenvalue weighted by Gasteiger charge is 2.19. The number of nitrogens with one attached hydrogen (secondary N) is 2. The zero-order valence-corrected chi connectivity index (χ0v) is 13.7. The van der Waals surface area contributed by atoms with E-state index < -0.39 is 10.2 Å². The van der Waals surface area contributed by atoms with Crippen molar-refractivity contribution < 1.29 is 17.9 Å². The molecular formula is C13H23N3O4S. The average Bonchev–Trinajstić information content (AvgIpc) is 2.47. The predicted octanol–water partition coefficient (Wildman–Crippen LogP) is 0.902. The maximum atomic E-state index is 12.2. The third-order valence-corrected chi connectivity index (χ3v) is 4.44. The predicted molar refractivity (Wildman–Crippen MR) is 83.3 cm³/mol. The highest BCUT2D eigenvalue weighted by Crippen LogP contribution is 2.30. The van der Waals surface area contributed by atoms with E-state index in [1.165, 1.54) is 25.6 Å². The van der Waals surface area contributed by atoms with Gasteiger partial charge in [-0.2, -0.15) is 12.7 Å². The lowest BCUT2D eigenvalue weighted by Crippen LogP contribution is -2.34. The van der Waals surface area contributed by atoms with Gasteiger partial charge >= 0.3 is 10.2 Å². The molecule has 0 aliphatic carbocycles. The van der Waals surface area contributed by atoms with Crippen LogP contribution in [0.15, 0.2) is 18.2 Å². The molecule has 0 saturated carbocycles. The number of nitrogens with zero attached hydrogens (tertiary/aromatic N) is 1. The van der Waals surface area contributed by atoms with Gasteiger partial charge in [-0.25, -0.2) is 0 Å². The first kappa shape index (κ1) is 17.5. The van der Waals surface area contributed by atoms with Crippen LogP contribution in [0.1, 0.15) is 6.42 Å². The van der Waals surface area contributed by atoms with Crippen molar-refractivity contribution in [3.63, 3.8) is 0 Å². The SMILES string of the molecule is CNCCCN(C)S(=O)(=O)Nc1ccc(OC)cc1OC. The summed E-state index contributed by atoms with van der Waals surface area (Å²) in [7, 11) is 2.76. The van der Waals surface area contributed by atoms with Crippen LogP contribution in [0, 0.1) is 0 Å². The number of hydrogen-bond acceptors (Lipinski definition) is 5. The molecule has 0 unspecified atom stereocenters. The normalized spacial score (nSPS) is 11.5. The number of rotatable bonds is 9. The zero-order chi connectivity index (χ0) is 15.9. The number of benzene rings is 1. The molecule has 1 rings (SSSR count). The number of methoxy groups -OCH3 is 2. The van der Waals surface area contributed by atoms with Crippen molar-refractivity contribution in [1.82, 2.24) is 9.62 Å². The average molecular weight is 317 g/mol. The monoisotopic (exact) mass is 317 g/mol. The maximum Gasteiger partial charge on any atom is 0.301 e. The summed E-state index contributed by atoms with van der Waals surface area (Å²) in [5, 5.41) is 2.98. The fourth-order valence-corrected chi connectivity index (χ4v) is 2.67. The van der Waals surface area contributed by atoms with Crippen molar-refractivity contribution >= 4 is 15.9 Å². The Hall–Kier alpha value is -1.51. The summed E-state index contributed by atoms with van der Waals surface area (Å²) in [6.45, 7) is 1.18. The topological polar surface area (TPSA) is 79.9 Å². The van der Waals surface area contributed by atoms with Gasteiger partial charge in [0.05, 0.1) is 19.9 Å². The molecule has 0 saturated heterocycles. The summed E-state index contributed by atoms with van der Waals surface area (Å²) in [5.41, 5.74) is 0.374. The molecule has 0 aliphatic heterocycles. The molecule has 1 aromatic carbocycles. The van der Waals surface area contributed by atoms with E-state index in [4.69, 9.17) is 9.47 Å². The Morgan fingerprint density at radius 2 is 1.95 bits per heavy atom. The Morgan fingerprint density at radius 3 is 2.52 bits per heavy atom. The fraction of sp³-hybridized carbons (Fsp3) is 0.538. The third-order valence-electron chi connectivity index (χ3n) is 2.96. The Morgan fingerprint density at radius 1 is 1.24 bits per heavy atom. The molecule has 0 fully saturated rings. The molecule has 0 atom stereocenters. The van der Waals surface area contributed by atoms with Gasteiger partial charge in [0.15, 0.2) is 0 Å². The molecule has 0 aromatic heterocycles. The first-order valence-electron chi connectivity index (χ1n) is 6.55. The molecule has 21 heavy (non-hydrogen) atoms. The van der Waals surface area contributed by atoms with Crippen LogP contribution in [-0.2, 0) is 10.2 Å². The van der Waals surface area contributed by atoms with Crippen LogP contribution < -0.4 is 19.5 Å². The van der Waals surface area contributed by atoms with Crippen LogP contribution in [0.2, 0.25) is 0 Å². The minimum atomic E-state index is -3.61. The minimum absolute atomic E-state index is 0.374. The van der Waals surface area contributed by atoms with Crippen LogP contribution >= 0.6 is 0 Å². The van der Waals surface area contributed by atoms with Crippen molar-refractivity contribution in [3.05, 3.63) is 18.2 Å². The number of hydrogen-bond donors (Lipinski definition) is 2. The summed E-state index contributed by atoms with van der Waals surface area (Å²) < 4.78 is 38.5. The quantitative estimate of drug-likeness (QED) is 0.662. The van der Waals surface area contributed by atoms with Crippen molar-refractivity contribution in [3.8, 4) is 11.5 Å². The smallest absolute Gasteiger partial charge is 0.301 e. The Balaban J connectivity index is 2.83. The molecule has 0 amide bonds. The van der Waals surface area contributed by atoms with E-state index in [-0.39, 0.29) is 0 Å². The van der Waals surface area contributed by atoms with Crippen LogP contribution in [0.5, 0.6) is 11.5 Å². The van der Waals surface area contributed by atoms with Crippen molar-refractivity contribution in [1.29, 1.82) is 0 Å². The van der Waals surface area contributed by atoms with E-state index in [0.717, 1.165) is 13.0 Å². The van der Waals surface area contributed by atoms with Gasteiger partial charge in [0.25, 0.3) is 0 Å². The summed E-state index contributed by atoms with van der Waals surface area (Å²) in [6.07, 6.45) is 0.730. The van der Waals surface area contributed by atoms with Gasteiger partial charge in [0.2, 0.25) is 0 Å². The van der Waals surface area contributed by atoms with Crippen molar-refractivity contribution in [2.24, 2.45) is 0 Å². The van der Waals surface area contributed by atoms with E-state index in [1.807, 2.05) is 7.05 Å². The zero-order valence-electron chi connectivity index (χ0n) is 12.8. The van der Waals surface area contributed by atoms with Gasteiger partial charge in [-0.15, -0.1) is 0 Å². The Bertz CT molecular complexity index is 548. The van der Waals surface area contributed by atoms with Gasteiger partial charge in [-0.05, 0) is 32.1 Å². The Labute approximate surface area is 126 Å². The molecule has 0 spiro atoms. The Kier molecular flexibility index (Phi) is 6.73. The minimum Gasteiger partial charge on any atom is -0.497 e. The fourth-order valence-electron chi connectivity index (χ4n) is 1.70. The first-order chi connectivity index (χ1) is 9.94. The van der Waals surface area contributed by atoms with Gasteiger partial charge in [-0.3, -0.25) is 4.72 Å². The molecule has 1 aromatic rings. The number of anilines is 1. The summed E-state index contributed by atoms with van der Waals surface area (Å²) in [6, 6.07) is 4.90. The second-order valence-corrected chi connectivity index (χ2v) is 6.23. The molecule has 8 heteroatoms. The largest absolute Gasteiger partial charge is 0.497 e. The van der Waals surface area contributed by atoms with Crippen LogP contribution in [0.3, 0.4) is 0 Å². The number of ether oxygens (including phenoxy) is 2. The summed E-state index contributed by atoms with van der Waals surface area (Å²) >= 11 is 0. The first-order valence-corrected chi connectivity index (χ1v) is 7.99. The molecule has 0 bridgehead atoms. The molecule has 7 nitrogen and oxygen atoms in total. The van der Waals surface area contributed by atoms with Crippen LogP contribution in [0.4, 0.5) is 5.69 Å². The molecule has 2 N–H and O–H groups in total. The molecule has 0 heterocycles. The molecular weight excluding hydrogens is 294 g/mol. The van der Waals surface area contributed by atoms with Crippen molar-refractivity contribution in [2.75, 3.05) is 46.1 Å². The second kappa shape index (κ2) is 8.06. The molecule has 120 valence electrons. The van der Waals surface area contributed by atoms with E-state index in [1.54, 1.807) is 18.2 Å². The second-order valence-electron chi connectivity index (χ2n) is 4.45. The standard InChI is InChI=1S/C13H23N3O4S/c1-14-8-5-9-16(2)21(17,18)15-12-7-6-11(19-3)10-13(12)20-4/h6-7,10,14-15H,5,8-9H2,1-4H3. The van der Waals surface area contributed by atoms with E-state index in [2.05, 4.69) is 10.0 Å². The molecule has 0 aliphatic rings. The van der Waals surface area contributed by atoms with E-state index in [0.29, 0.717) is 23.7 Å². The summed E-state index contributed by atoms with van der Waals surface area (Å²) in [5.74, 6) is 0.999. The van der Waals surface area contributed by atoms with Gasteiger partial charge < -0.3 is 14.8 Å². The highest BCUT2D eigenvalue weighted by molar-refractivity contribution is 7.90. The van der Waals surface area contributed by atoms with Gasteiger partial charge in [0, 0.05) is 19.7 Å². The van der Waals surface area contributed by atoms with Gasteiger partial charge in [-0.1, -0.05) is 0 Å². The van der Waals surface area contributed by atoms with Crippen LogP contribution in [-0.4, -0.2) is 54.1 Å². The third kappa shape index (κ3) is 5.07. The lowest BCUT2D eigenvalue weighted by Gasteiger charge is -2.19. The van der Waals surface area contributed by atoms with Crippen molar-refractivity contribution in [2.45, 2.75) is 6.42 Å². The maximum absolute atomic E-state index is 12.2. The van der Waals surface area contributed by atoms with Crippen LogP contribution in [0.25, 0.3) is 0 Å². The van der Waals surface area contributed by atoms with E-state index in [9.17, 15) is 8.42 Å². The lowest BCUT2D eigenvalue weighted by atomic mass is 10.3. The summed E-state index contributed by atoms with van der Waals surface area (Å²) in [4.78, 5) is 0. The lowest BCUT2D eigenvalue weighted by molar-refractivity contribution is 0.395. The highest BCUT2D eigenvalue weighted by atomic mass is 32.2. The van der Waals surface area contributed by atoms with Gasteiger partial charge in [0.1, 0.15) is 11.5 Å².